The van der Waals surface area contributed by atoms with Crippen LogP contribution in [0, 0.1) is 5.92 Å². The summed E-state index contributed by atoms with van der Waals surface area (Å²) in [4.78, 5) is 38.1. The van der Waals surface area contributed by atoms with Crippen LogP contribution in [0.3, 0.4) is 0 Å². The standard InChI is InChI=1S/C22H32N2O5/c1-5-29-17-11-9-16(10-12-17)19(25)23-18(15(2)3)20(26)24-22(21(27)28-4)13-7-6-8-14-22/h9-12,15,18H,5-8,13-14H2,1-4H3,(H,23,25)(H,24,26). The zero-order valence-corrected chi connectivity index (χ0v) is 17.7. The molecule has 7 nitrogen and oxygen atoms in total. The van der Waals surface area contributed by atoms with Crippen molar-refractivity contribution in [3.05, 3.63) is 29.8 Å². The maximum absolute atomic E-state index is 13.0. The minimum atomic E-state index is -1.01. The average molecular weight is 405 g/mol. The van der Waals surface area contributed by atoms with Crippen LogP contribution in [0.5, 0.6) is 5.75 Å². The second kappa shape index (κ2) is 10.3. The van der Waals surface area contributed by atoms with Crippen LogP contribution in [0.25, 0.3) is 0 Å². The zero-order valence-electron chi connectivity index (χ0n) is 17.7. The molecule has 1 aromatic carbocycles. The molecule has 0 spiro atoms. The Hall–Kier alpha value is -2.57. The Kier molecular flexibility index (Phi) is 8.05. The van der Waals surface area contributed by atoms with Gasteiger partial charge in [-0.05, 0) is 49.9 Å². The Morgan fingerprint density at radius 1 is 1.07 bits per heavy atom. The molecule has 29 heavy (non-hydrogen) atoms. The van der Waals surface area contributed by atoms with E-state index in [-0.39, 0.29) is 17.7 Å². The van der Waals surface area contributed by atoms with Crippen molar-refractivity contribution < 1.29 is 23.9 Å². The number of nitrogens with one attached hydrogen (secondary N) is 2. The minimum absolute atomic E-state index is 0.153. The molecule has 1 unspecified atom stereocenters. The first-order chi connectivity index (χ1) is 13.8. The lowest BCUT2D eigenvalue weighted by Gasteiger charge is -2.37. The van der Waals surface area contributed by atoms with Crippen molar-refractivity contribution in [1.29, 1.82) is 0 Å². The molecule has 1 atom stereocenters. The molecule has 0 bridgehead atoms. The predicted octanol–water partition coefficient (Wildman–Crippen LogP) is 2.83. The molecule has 1 saturated carbocycles. The van der Waals surface area contributed by atoms with Gasteiger partial charge in [-0.25, -0.2) is 4.79 Å². The Morgan fingerprint density at radius 3 is 2.21 bits per heavy atom. The van der Waals surface area contributed by atoms with Crippen molar-refractivity contribution in [2.45, 2.75) is 64.5 Å². The quantitative estimate of drug-likeness (QED) is 0.650. The number of rotatable bonds is 8. The summed E-state index contributed by atoms with van der Waals surface area (Å²) in [5.41, 5.74) is -0.576. The van der Waals surface area contributed by atoms with Gasteiger partial charge in [-0.15, -0.1) is 0 Å². The summed E-state index contributed by atoms with van der Waals surface area (Å²) in [7, 11) is 1.33. The molecule has 0 aromatic heterocycles. The predicted molar refractivity (Wildman–Crippen MR) is 110 cm³/mol. The lowest BCUT2D eigenvalue weighted by molar-refractivity contribution is -0.153. The maximum Gasteiger partial charge on any atom is 0.331 e. The van der Waals surface area contributed by atoms with Gasteiger partial charge >= 0.3 is 5.97 Å². The first kappa shape index (κ1) is 22.7. The van der Waals surface area contributed by atoms with Gasteiger partial charge in [-0.2, -0.15) is 0 Å². The third-order valence-corrected chi connectivity index (χ3v) is 5.31. The highest BCUT2D eigenvalue weighted by molar-refractivity contribution is 5.98. The van der Waals surface area contributed by atoms with E-state index in [0.29, 0.717) is 30.8 Å². The summed E-state index contributed by atoms with van der Waals surface area (Å²) in [6.45, 7) is 6.14. The van der Waals surface area contributed by atoms with E-state index in [0.717, 1.165) is 19.3 Å². The molecule has 0 heterocycles. The SMILES string of the molecule is CCOc1ccc(C(=O)NC(C(=O)NC2(C(=O)OC)CCCCC2)C(C)C)cc1. The minimum Gasteiger partial charge on any atom is -0.494 e. The second-order valence-corrected chi connectivity index (χ2v) is 7.78. The molecule has 0 radical (unpaired) electrons. The van der Waals surface area contributed by atoms with Gasteiger partial charge in [0.15, 0.2) is 0 Å². The third kappa shape index (κ3) is 5.71. The van der Waals surface area contributed by atoms with Crippen LogP contribution in [0.15, 0.2) is 24.3 Å². The first-order valence-electron chi connectivity index (χ1n) is 10.3. The number of hydrogen-bond donors (Lipinski definition) is 2. The van der Waals surface area contributed by atoms with E-state index in [9.17, 15) is 14.4 Å². The molecule has 160 valence electrons. The van der Waals surface area contributed by atoms with E-state index in [2.05, 4.69) is 10.6 Å². The van der Waals surface area contributed by atoms with Crippen molar-refractivity contribution in [2.24, 2.45) is 5.92 Å². The topological polar surface area (TPSA) is 93.7 Å². The summed E-state index contributed by atoms with van der Waals surface area (Å²) < 4.78 is 10.3. The molecule has 1 aromatic rings. The van der Waals surface area contributed by atoms with Gasteiger partial charge in [-0.3, -0.25) is 9.59 Å². The number of ether oxygens (including phenoxy) is 2. The van der Waals surface area contributed by atoms with Gasteiger partial charge in [0.05, 0.1) is 13.7 Å². The largest absolute Gasteiger partial charge is 0.494 e. The molecule has 0 saturated heterocycles. The summed E-state index contributed by atoms with van der Waals surface area (Å²) in [6, 6.07) is 5.99. The number of carbonyl (C=O) groups excluding carboxylic acids is 3. The molecule has 2 amide bonds. The lowest BCUT2D eigenvalue weighted by Crippen LogP contribution is -2.61. The second-order valence-electron chi connectivity index (χ2n) is 7.78. The van der Waals surface area contributed by atoms with Gasteiger partial charge in [0.25, 0.3) is 5.91 Å². The van der Waals surface area contributed by atoms with E-state index < -0.39 is 17.6 Å². The van der Waals surface area contributed by atoms with Gasteiger partial charge in [0.1, 0.15) is 17.3 Å². The fourth-order valence-electron chi connectivity index (χ4n) is 3.67. The molecule has 7 heteroatoms. The van der Waals surface area contributed by atoms with Crippen molar-refractivity contribution >= 4 is 17.8 Å². The van der Waals surface area contributed by atoms with Crippen molar-refractivity contribution in [3.63, 3.8) is 0 Å². The fourth-order valence-corrected chi connectivity index (χ4v) is 3.67. The van der Waals surface area contributed by atoms with Gasteiger partial charge < -0.3 is 20.1 Å². The Balaban J connectivity index is 2.12. The van der Waals surface area contributed by atoms with Crippen LogP contribution in [0.4, 0.5) is 0 Å². The van der Waals surface area contributed by atoms with Crippen LogP contribution in [-0.2, 0) is 14.3 Å². The molecule has 2 rings (SSSR count). The van der Waals surface area contributed by atoms with E-state index in [4.69, 9.17) is 9.47 Å². The molecule has 0 aliphatic heterocycles. The zero-order chi connectivity index (χ0) is 21.4. The van der Waals surface area contributed by atoms with E-state index in [1.54, 1.807) is 24.3 Å². The number of methoxy groups -OCH3 is 1. The van der Waals surface area contributed by atoms with E-state index in [1.807, 2.05) is 20.8 Å². The molecule has 1 aliphatic rings. The summed E-state index contributed by atoms with van der Waals surface area (Å²) in [6.07, 6.45) is 3.81. The van der Waals surface area contributed by atoms with Crippen LogP contribution in [0.2, 0.25) is 0 Å². The smallest absolute Gasteiger partial charge is 0.331 e. The van der Waals surface area contributed by atoms with Gasteiger partial charge in [-0.1, -0.05) is 33.1 Å². The third-order valence-electron chi connectivity index (χ3n) is 5.31. The molecule has 1 aliphatic carbocycles. The monoisotopic (exact) mass is 404 g/mol. The number of esters is 1. The summed E-state index contributed by atoms with van der Waals surface area (Å²) in [5, 5.41) is 5.70. The average Bonchev–Trinajstić information content (AvgIpc) is 2.72. The van der Waals surface area contributed by atoms with E-state index >= 15 is 0 Å². The Morgan fingerprint density at radius 2 is 1.69 bits per heavy atom. The van der Waals surface area contributed by atoms with Crippen molar-refractivity contribution in [1.82, 2.24) is 10.6 Å². The van der Waals surface area contributed by atoms with Crippen LogP contribution in [-0.4, -0.2) is 43.1 Å². The Bertz CT molecular complexity index is 708. The summed E-state index contributed by atoms with van der Waals surface area (Å²) >= 11 is 0. The van der Waals surface area contributed by atoms with Crippen molar-refractivity contribution in [3.8, 4) is 5.75 Å². The molecular weight excluding hydrogens is 372 g/mol. The maximum atomic E-state index is 13.0. The molecule has 1 fully saturated rings. The van der Waals surface area contributed by atoms with Crippen LogP contribution in [0.1, 0.15) is 63.2 Å². The van der Waals surface area contributed by atoms with Crippen LogP contribution < -0.4 is 15.4 Å². The lowest BCUT2D eigenvalue weighted by atomic mass is 9.81. The number of benzene rings is 1. The number of carbonyl (C=O) groups is 3. The summed E-state index contributed by atoms with van der Waals surface area (Å²) in [5.74, 6) is -0.616. The van der Waals surface area contributed by atoms with Gasteiger partial charge in [0, 0.05) is 5.56 Å². The highest BCUT2D eigenvalue weighted by Crippen LogP contribution is 2.29. The first-order valence-corrected chi connectivity index (χ1v) is 10.3. The van der Waals surface area contributed by atoms with Gasteiger partial charge in [0.2, 0.25) is 5.91 Å². The Labute approximate surface area is 172 Å². The van der Waals surface area contributed by atoms with Crippen molar-refractivity contribution in [2.75, 3.05) is 13.7 Å². The molecule has 2 N–H and O–H groups in total. The fraction of sp³-hybridized carbons (Fsp3) is 0.591. The van der Waals surface area contributed by atoms with Crippen LogP contribution >= 0.6 is 0 Å². The molecular formula is C22H32N2O5. The highest BCUT2D eigenvalue weighted by atomic mass is 16.5. The van der Waals surface area contributed by atoms with E-state index in [1.165, 1.54) is 7.11 Å². The highest BCUT2D eigenvalue weighted by Gasteiger charge is 2.43. The number of amides is 2. The normalized spacial score (nSPS) is 16.6. The number of hydrogen-bond acceptors (Lipinski definition) is 5.